The van der Waals surface area contributed by atoms with Crippen LogP contribution < -0.4 is 16.0 Å². The number of pyridine rings is 2. The van der Waals surface area contributed by atoms with Crippen LogP contribution in [0.2, 0.25) is 5.02 Å². The maximum absolute atomic E-state index is 13.7. The topological polar surface area (TPSA) is 96.4 Å². The molecule has 1 unspecified atom stereocenters. The Morgan fingerprint density at radius 1 is 1.26 bits per heavy atom. The molecule has 2 aromatic heterocycles. The Hall–Kier alpha value is -3.58. The zero-order valence-electron chi connectivity index (χ0n) is 17.0. The number of methoxy groups -OCH3 is 1. The first-order valence-electron chi connectivity index (χ1n) is 9.56. The monoisotopic (exact) mass is 437 g/mol. The van der Waals surface area contributed by atoms with Gasteiger partial charge < -0.3 is 19.8 Å². The number of nitrogens with two attached hydrogens (primary N) is 1. The van der Waals surface area contributed by atoms with Crippen molar-refractivity contribution in [2.75, 3.05) is 7.11 Å². The number of hydrogen-bond donors (Lipinski definition) is 1. The first kappa shape index (κ1) is 20.7. The molecule has 1 aliphatic heterocycles. The van der Waals surface area contributed by atoms with E-state index in [9.17, 15) is 9.59 Å². The van der Waals surface area contributed by atoms with Crippen molar-refractivity contribution in [3.05, 3.63) is 104 Å². The molecule has 0 fully saturated rings. The molecule has 31 heavy (non-hydrogen) atoms. The standard InChI is InChI=1S/C23H20ClN3O4/c1-13-11-17-19(22(28)27(13)12-16-5-3-4-10-26-16)18(14-6-8-15(24)9-7-14)20(21(25)31-17)23(29)30-2/h3-11,18H,12,25H2,1-2H3. The van der Waals surface area contributed by atoms with E-state index in [1.807, 2.05) is 18.2 Å². The van der Waals surface area contributed by atoms with Crippen LogP contribution in [0.25, 0.3) is 0 Å². The molecular formula is C23H20ClN3O4. The van der Waals surface area contributed by atoms with E-state index in [4.69, 9.17) is 26.8 Å². The summed E-state index contributed by atoms with van der Waals surface area (Å²) in [6.45, 7) is 2.08. The molecule has 1 aromatic carbocycles. The molecule has 0 radical (unpaired) electrons. The summed E-state index contributed by atoms with van der Waals surface area (Å²) < 4.78 is 12.3. The maximum atomic E-state index is 13.7. The van der Waals surface area contributed by atoms with Crippen LogP contribution in [0.15, 0.2) is 71.0 Å². The van der Waals surface area contributed by atoms with Gasteiger partial charge in [0.15, 0.2) is 0 Å². The summed E-state index contributed by atoms with van der Waals surface area (Å²) in [7, 11) is 1.26. The van der Waals surface area contributed by atoms with Crippen LogP contribution in [0.1, 0.15) is 28.4 Å². The number of carbonyl (C=O) groups is 1. The molecule has 158 valence electrons. The van der Waals surface area contributed by atoms with Gasteiger partial charge in [-0.25, -0.2) is 4.79 Å². The van der Waals surface area contributed by atoms with E-state index >= 15 is 0 Å². The quantitative estimate of drug-likeness (QED) is 0.630. The van der Waals surface area contributed by atoms with Crippen molar-refractivity contribution in [2.45, 2.75) is 19.4 Å². The van der Waals surface area contributed by atoms with Crippen molar-refractivity contribution < 1.29 is 14.3 Å². The Kier molecular flexibility index (Phi) is 5.52. The van der Waals surface area contributed by atoms with E-state index in [1.165, 1.54) is 7.11 Å². The van der Waals surface area contributed by atoms with Crippen LogP contribution >= 0.6 is 11.6 Å². The summed E-state index contributed by atoms with van der Waals surface area (Å²) in [6, 6.07) is 14.1. The highest BCUT2D eigenvalue weighted by Gasteiger charge is 2.38. The predicted octanol–water partition coefficient (Wildman–Crippen LogP) is 3.12. The van der Waals surface area contributed by atoms with E-state index in [2.05, 4.69) is 4.98 Å². The lowest BCUT2D eigenvalue weighted by Gasteiger charge is -2.29. The number of hydrogen-bond acceptors (Lipinski definition) is 6. The second-order valence-corrected chi connectivity index (χ2v) is 7.57. The number of carbonyl (C=O) groups excluding carboxylic acids is 1. The first-order chi connectivity index (χ1) is 14.9. The molecule has 1 atom stereocenters. The number of nitrogens with zero attached hydrogens (tertiary/aromatic N) is 2. The van der Waals surface area contributed by atoms with Crippen molar-refractivity contribution in [1.82, 2.24) is 9.55 Å². The van der Waals surface area contributed by atoms with Gasteiger partial charge in [0.05, 0.1) is 30.8 Å². The normalized spacial score (nSPS) is 15.3. The zero-order valence-corrected chi connectivity index (χ0v) is 17.7. The molecule has 4 rings (SSSR count). The third-order valence-electron chi connectivity index (χ3n) is 5.22. The minimum atomic E-state index is -0.767. The Morgan fingerprint density at radius 2 is 2.00 bits per heavy atom. The number of esters is 1. The lowest BCUT2D eigenvalue weighted by molar-refractivity contribution is -0.136. The van der Waals surface area contributed by atoms with Crippen molar-refractivity contribution in [3.8, 4) is 5.75 Å². The second kappa shape index (κ2) is 8.28. The van der Waals surface area contributed by atoms with Gasteiger partial charge in [-0.2, -0.15) is 0 Å². The Bertz CT molecular complexity index is 1230. The van der Waals surface area contributed by atoms with Gasteiger partial charge in [0, 0.05) is 23.0 Å². The molecule has 2 N–H and O–H groups in total. The van der Waals surface area contributed by atoms with Gasteiger partial charge >= 0.3 is 5.97 Å². The van der Waals surface area contributed by atoms with Gasteiger partial charge in [-0.15, -0.1) is 0 Å². The van der Waals surface area contributed by atoms with Crippen LogP contribution in [-0.4, -0.2) is 22.6 Å². The molecule has 3 heterocycles. The van der Waals surface area contributed by atoms with Crippen LogP contribution in [-0.2, 0) is 16.1 Å². The number of aromatic nitrogens is 2. The minimum Gasteiger partial charge on any atom is -0.465 e. The fraction of sp³-hybridized carbons (Fsp3) is 0.174. The zero-order chi connectivity index (χ0) is 22.1. The van der Waals surface area contributed by atoms with Gasteiger partial charge in [0.1, 0.15) is 11.3 Å². The third-order valence-corrected chi connectivity index (χ3v) is 5.48. The molecule has 0 amide bonds. The molecule has 0 spiro atoms. The Balaban J connectivity index is 1.94. The van der Waals surface area contributed by atoms with Crippen molar-refractivity contribution in [1.29, 1.82) is 0 Å². The van der Waals surface area contributed by atoms with Gasteiger partial charge in [0.2, 0.25) is 5.88 Å². The van der Waals surface area contributed by atoms with Gasteiger partial charge in [-0.05, 0) is 36.8 Å². The van der Waals surface area contributed by atoms with Gasteiger partial charge in [0.25, 0.3) is 5.56 Å². The number of rotatable bonds is 4. The van der Waals surface area contributed by atoms with E-state index in [0.717, 1.165) is 5.69 Å². The van der Waals surface area contributed by atoms with Gasteiger partial charge in [-0.1, -0.05) is 29.8 Å². The molecule has 7 nitrogen and oxygen atoms in total. The predicted molar refractivity (Wildman–Crippen MR) is 116 cm³/mol. The summed E-state index contributed by atoms with van der Waals surface area (Å²) in [6.07, 6.45) is 1.67. The number of halogens is 1. The van der Waals surface area contributed by atoms with E-state index in [0.29, 0.717) is 27.6 Å². The Labute approximate surface area is 183 Å². The highest BCUT2D eigenvalue weighted by atomic mass is 35.5. The summed E-state index contributed by atoms with van der Waals surface area (Å²) >= 11 is 6.05. The first-order valence-corrected chi connectivity index (χ1v) is 9.94. The molecule has 0 aliphatic carbocycles. The molecule has 3 aromatic rings. The molecule has 1 aliphatic rings. The molecular weight excluding hydrogens is 418 g/mol. The van der Waals surface area contributed by atoms with Crippen LogP contribution in [0.3, 0.4) is 0 Å². The van der Waals surface area contributed by atoms with Gasteiger partial charge in [-0.3, -0.25) is 9.78 Å². The fourth-order valence-electron chi connectivity index (χ4n) is 3.73. The maximum Gasteiger partial charge on any atom is 0.340 e. The summed E-state index contributed by atoms with van der Waals surface area (Å²) in [4.78, 5) is 30.6. The molecule has 8 heteroatoms. The molecule has 0 saturated heterocycles. The average molecular weight is 438 g/mol. The highest BCUT2D eigenvalue weighted by Crippen LogP contribution is 2.41. The SMILES string of the molecule is COC(=O)C1=C(N)Oc2cc(C)n(Cc3ccccn3)c(=O)c2C1c1ccc(Cl)cc1. The van der Waals surface area contributed by atoms with E-state index in [1.54, 1.807) is 48.0 Å². The van der Waals surface area contributed by atoms with Crippen LogP contribution in [0.4, 0.5) is 0 Å². The average Bonchev–Trinajstić information content (AvgIpc) is 2.76. The largest absolute Gasteiger partial charge is 0.465 e. The molecule has 0 saturated carbocycles. The number of benzene rings is 1. The second-order valence-electron chi connectivity index (χ2n) is 7.13. The fourth-order valence-corrected chi connectivity index (χ4v) is 3.86. The number of ether oxygens (including phenoxy) is 2. The smallest absolute Gasteiger partial charge is 0.340 e. The molecule has 0 bridgehead atoms. The third kappa shape index (κ3) is 3.80. The van der Waals surface area contributed by atoms with Crippen LogP contribution in [0.5, 0.6) is 5.75 Å². The van der Waals surface area contributed by atoms with Crippen LogP contribution in [0, 0.1) is 6.92 Å². The van der Waals surface area contributed by atoms with E-state index in [-0.39, 0.29) is 23.6 Å². The lowest BCUT2D eigenvalue weighted by Crippen LogP contribution is -2.35. The summed E-state index contributed by atoms with van der Waals surface area (Å²) in [5, 5.41) is 0.532. The Morgan fingerprint density at radius 3 is 2.65 bits per heavy atom. The highest BCUT2D eigenvalue weighted by molar-refractivity contribution is 6.30. The van der Waals surface area contributed by atoms with Crippen molar-refractivity contribution >= 4 is 17.6 Å². The minimum absolute atomic E-state index is 0.0719. The summed E-state index contributed by atoms with van der Waals surface area (Å²) in [5.41, 5.74) is 8.26. The number of aryl methyl sites for hydroxylation is 1. The lowest BCUT2D eigenvalue weighted by atomic mass is 9.83. The van der Waals surface area contributed by atoms with Crippen molar-refractivity contribution in [2.24, 2.45) is 5.73 Å². The van der Waals surface area contributed by atoms with Crippen molar-refractivity contribution in [3.63, 3.8) is 0 Å². The summed E-state index contributed by atoms with van der Waals surface area (Å²) in [5.74, 6) is -1.22. The number of fused-ring (bicyclic) bond motifs is 1. The van der Waals surface area contributed by atoms with E-state index < -0.39 is 11.9 Å².